The van der Waals surface area contributed by atoms with Gasteiger partial charge in [-0.15, -0.1) is 11.8 Å². The van der Waals surface area contributed by atoms with Crippen LogP contribution in [-0.4, -0.2) is 30.4 Å². The summed E-state index contributed by atoms with van der Waals surface area (Å²) >= 11 is 1.94. The molecule has 1 aliphatic carbocycles. The SMILES string of the molecule is CCCSC(CCNC)=NC1C/C(C)=C\CC=CC1C. The van der Waals surface area contributed by atoms with Gasteiger partial charge in [-0.25, -0.2) is 0 Å². The normalized spacial score (nSPS) is 26.8. The van der Waals surface area contributed by atoms with Crippen molar-refractivity contribution < 1.29 is 0 Å². The molecule has 2 atom stereocenters. The molecule has 0 fully saturated rings. The third-order valence-corrected chi connectivity index (χ3v) is 4.81. The lowest BCUT2D eigenvalue weighted by atomic mass is 9.93. The van der Waals surface area contributed by atoms with Crippen molar-refractivity contribution in [2.75, 3.05) is 19.3 Å². The average molecular weight is 295 g/mol. The second-order valence-electron chi connectivity index (χ2n) is 5.57. The zero-order valence-electron chi connectivity index (χ0n) is 13.5. The zero-order chi connectivity index (χ0) is 14.8. The van der Waals surface area contributed by atoms with Crippen molar-refractivity contribution in [3.63, 3.8) is 0 Å². The molecule has 0 heterocycles. The number of aliphatic imine (C=N–C) groups is 1. The molecule has 0 aromatic heterocycles. The predicted molar refractivity (Wildman–Crippen MR) is 93.8 cm³/mol. The molecule has 0 radical (unpaired) electrons. The summed E-state index contributed by atoms with van der Waals surface area (Å²) in [5.74, 6) is 1.71. The van der Waals surface area contributed by atoms with Gasteiger partial charge in [-0.3, -0.25) is 4.99 Å². The number of hydrogen-bond donors (Lipinski definition) is 1. The summed E-state index contributed by atoms with van der Waals surface area (Å²) in [5.41, 5.74) is 1.48. The van der Waals surface area contributed by atoms with Crippen molar-refractivity contribution in [2.45, 2.75) is 52.5 Å². The molecule has 3 heteroatoms. The maximum absolute atomic E-state index is 5.09. The summed E-state index contributed by atoms with van der Waals surface area (Å²) in [6.45, 7) is 7.78. The first-order valence-corrected chi connectivity index (χ1v) is 8.82. The van der Waals surface area contributed by atoms with Crippen molar-refractivity contribution in [3.8, 4) is 0 Å². The van der Waals surface area contributed by atoms with E-state index in [9.17, 15) is 0 Å². The van der Waals surface area contributed by atoms with E-state index in [4.69, 9.17) is 4.99 Å². The third-order valence-electron chi connectivity index (χ3n) is 3.55. The molecule has 2 nitrogen and oxygen atoms in total. The van der Waals surface area contributed by atoms with Gasteiger partial charge in [0.1, 0.15) is 0 Å². The van der Waals surface area contributed by atoms with Crippen LogP contribution in [-0.2, 0) is 0 Å². The van der Waals surface area contributed by atoms with Crippen LogP contribution in [0.1, 0.15) is 46.5 Å². The van der Waals surface area contributed by atoms with E-state index in [1.165, 1.54) is 22.8 Å². The molecule has 2 unspecified atom stereocenters. The van der Waals surface area contributed by atoms with Crippen LogP contribution in [0.2, 0.25) is 0 Å². The molecule has 0 aromatic rings. The largest absolute Gasteiger partial charge is 0.319 e. The molecule has 0 spiro atoms. The minimum atomic E-state index is 0.402. The van der Waals surface area contributed by atoms with Gasteiger partial charge in [0.05, 0.1) is 11.1 Å². The van der Waals surface area contributed by atoms with Gasteiger partial charge < -0.3 is 5.32 Å². The molecule has 0 saturated carbocycles. The smallest absolute Gasteiger partial charge is 0.0692 e. The van der Waals surface area contributed by atoms with Crippen LogP contribution in [0.25, 0.3) is 0 Å². The van der Waals surface area contributed by atoms with Crippen molar-refractivity contribution in [1.29, 1.82) is 0 Å². The van der Waals surface area contributed by atoms with Gasteiger partial charge >= 0.3 is 0 Å². The molecular formula is C17H30N2S. The van der Waals surface area contributed by atoms with Crippen LogP contribution in [0.5, 0.6) is 0 Å². The molecule has 1 rings (SSSR count). The second-order valence-corrected chi connectivity index (χ2v) is 6.74. The first-order chi connectivity index (χ1) is 9.67. The van der Waals surface area contributed by atoms with Crippen LogP contribution in [0.15, 0.2) is 28.8 Å². The van der Waals surface area contributed by atoms with Gasteiger partial charge in [-0.05, 0) is 44.9 Å². The molecule has 0 aliphatic heterocycles. The van der Waals surface area contributed by atoms with Crippen LogP contribution < -0.4 is 5.32 Å². The van der Waals surface area contributed by atoms with E-state index >= 15 is 0 Å². The third kappa shape index (κ3) is 6.76. The quantitative estimate of drug-likeness (QED) is 0.445. The van der Waals surface area contributed by atoms with Gasteiger partial charge in [-0.2, -0.15) is 0 Å². The number of nitrogens with zero attached hydrogens (tertiary/aromatic N) is 1. The lowest BCUT2D eigenvalue weighted by Gasteiger charge is -2.21. The van der Waals surface area contributed by atoms with E-state index in [0.29, 0.717) is 12.0 Å². The fourth-order valence-electron chi connectivity index (χ4n) is 2.26. The lowest BCUT2D eigenvalue weighted by Crippen LogP contribution is -2.19. The number of rotatable bonds is 6. The Hall–Kier alpha value is -0.540. The van der Waals surface area contributed by atoms with E-state index in [1.54, 1.807) is 0 Å². The van der Waals surface area contributed by atoms with Crippen molar-refractivity contribution in [3.05, 3.63) is 23.8 Å². The van der Waals surface area contributed by atoms with Crippen LogP contribution in [0.4, 0.5) is 0 Å². The molecule has 0 aromatic carbocycles. The number of nitrogens with one attached hydrogen (secondary N) is 1. The molecule has 0 saturated heterocycles. The van der Waals surface area contributed by atoms with Gasteiger partial charge in [0.25, 0.3) is 0 Å². The Balaban J connectivity index is 2.78. The highest BCUT2D eigenvalue weighted by Gasteiger charge is 2.16. The average Bonchev–Trinajstić information content (AvgIpc) is 2.43. The molecule has 114 valence electrons. The predicted octanol–water partition coefficient (Wildman–Crippen LogP) is 4.44. The maximum Gasteiger partial charge on any atom is 0.0692 e. The maximum atomic E-state index is 5.09. The summed E-state index contributed by atoms with van der Waals surface area (Å²) in [4.78, 5) is 5.09. The van der Waals surface area contributed by atoms with E-state index in [1.807, 2.05) is 18.8 Å². The minimum absolute atomic E-state index is 0.402. The van der Waals surface area contributed by atoms with E-state index in [2.05, 4.69) is 44.3 Å². The van der Waals surface area contributed by atoms with Crippen LogP contribution >= 0.6 is 11.8 Å². The molecule has 1 aliphatic rings. The molecule has 0 amide bonds. The van der Waals surface area contributed by atoms with E-state index in [-0.39, 0.29) is 0 Å². The Bertz CT molecular complexity index is 348. The highest BCUT2D eigenvalue weighted by atomic mass is 32.2. The topological polar surface area (TPSA) is 24.4 Å². The van der Waals surface area contributed by atoms with Crippen molar-refractivity contribution in [2.24, 2.45) is 10.9 Å². The molecule has 1 N–H and O–H groups in total. The van der Waals surface area contributed by atoms with Crippen molar-refractivity contribution in [1.82, 2.24) is 5.32 Å². The Morgan fingerprint density at radius 1 is 1.50 bits per heavy atom. The summed E-state index contributed by atoms with van der Waals surface area (Å²) < 4.78 is 0. The second kappa shape index (κ2) is 10.2. The highest BCUT2D eigenvalue weighted by molar-refractivity contribution is 8.13. The van der Waals surface area contributed by atoms with Gasteiger partial charge in [0.2, 0.25) is 0 Å². The Morgan fingerprint density at radius 3 is 3.00 bits per heavy atom. The Morgan fingerprint density at radius 2 is 2.30 bits per heavy atom. The van der Waals surface area contributed by atoms with E-state index < -0.39 is 0 Å². The fraction of sp³-hybridized carbons (Fsp3) is 0.706. The highest BCUT2D eigenvalue weighted by Crippen LogP contribution is 2.23. The molecule has 0 bridgehead atoms. The Kier molecular flexibility index (Phi) is 8.95. The Labute approximate surface area is 129 Å². The summed E-state index contributed by atoms with van der Waals surface area (Å²) in [7, 11) is 2.01. The minimum Gasteiger partial charge on any atom is -0.319 e. The molecule has 20 heavy (non-hydrogen) atoms. The first kappa shape index (κ1) is 17.5. The monoisotopic (exact) mass is 294 g/mol. The van der Waals surface area contributed by atoms with E-state index in [0.717, 1.165) is 25.8 Å². The summed E-state index contributed by atoms with van der Waals surface area (Å²) in [6.07, 6.45) is 11.4. The van der Waals surface area contributed by atoms with Crippen molar-refractivity contribution >= 4 is 16.8 Å². The number of hydrogen-bond acceptors (Lipinski definition) is 3. The zero-order valence-corrected chi connectivity index (χ0v) is 14.3. The first-order valence-electron chi connectivity index (χ1n) is 7.83. The number of allylic oxidation sites excluding steroid dienone is 2. The standard InChI is InChI=1S/C17H30N2S/c1-5-12-20-17(10-11-18-4)19-16-13-14(2)8-6-7-9-15(16)3/h7-9,15-16,18H,5-6,10-13H2,1-4H3/b9-7?,14-8-,19-17?. The summed E-state index contributed by atoms with van der Waals surface area (Å²) in [6, 6.07) is 0.402. The van der Waals surface area contributed by atoms with Crippen LogP contribution in [0, 0.1) is 5.92 Å². The van der Waals surface area contributed by atoms with Gasteiger partial charge in [0.15, 0.2) is 0 Å². The van der Waals surface area contributed by atoms with Crippen LogP contribution in [0.3, 0.4) is 0 Å². The fourth-order valence-corrected chi connectivity index (χ4v) is 3.16. The van der Waals surface area contributed by atoms with Gasteiger partial charge in [0, 0.05) is 13.0 Å². The lowest BCUT2D eigenvalue weighted by molar-refractivity contribution is 0.532. The molecular weight excluding hydrogens is 264 g/mol. The van der Waals surface area contributed by atoms with Gasteiger partial charge in [-0.1, -0.05) is 37.6 Å². The number of thioether (sulfide) groups is 1. The summed E-state index contributed by atoms with van der Waals surface area (Å²) in [5, 5.41) is 4.55.